The van der Waals surface area contributed by atoms with Crippen molar-refractivity contribution >= 4 is 5.69 Å². The zero-order chi connectivity index (χ0) is 15.2. The van der Waals surface area contributed by atoms with Gasteiger partial charge in [0.15, 0.2) is 0 Å². The molecule has 2 heteroatoms. The van der Waals surface area contributed by atoms with Gasteiger partial charge in [-0.15, -0.1) is 0 Å². The van der Waals surface area contributed by atoms with Gasteiger partial charge in [0.05, 0.1) is 0 Å². The maximum atomic E-state index is 3.81. The molecule has 0 aromatic heterocycles. The molecule has 0 radical (unpaired) electrons. The molecule has 0 spiro atoms. The Morgan fingerprint density at radius 2 is 1.86 bits per heavy atom. The van der Waals surface area contributed by atoms with Crippen molar-refractivity contribution in [2.24, 2.45) is 17.8 Å². The highest BCUT2D eigenvalue weighted by Gasteiger charge is 2.34. The largest absolute Gasteiger partial charge is 0.374 e. The van der Waals surface area contributed by atoms with Crippen LogP contribution in [0.5, 0.6) is 0 Å². The third kappa shape index (κ3) is 4.47. The summed E-state index contributed by atoms with van der Waals surface area (Å²) in [5, 5.41) is 3.81. The van der Waals surface area contributed by atoms with Crippen molar-refractivity contribution < 1.29 is 0 Å². The van der Waals surface area contributed by atoms with Gasteiger partial charge >= 0.3 is 0 Å². The highest BCUT2D eigenvalue weighted by molar-refractivity contribution is 5.45. The van der Waals surface area contributed by atoms with Crippen LogP contribution in [0.25, 0.3) is 0 Å². The second-order valence-electron chi connectivity index (χ2n) is 6.99. The fourth-order valence-corrected chi connectivity index (χ4v) is 3.89. The summed E-state index contributed by atoms with van der Waals surface area (Å²) in [5.41, 5.74) is 1.33. The van der Waals surface area contributed by atoms with Gasteiger partial charge in [-0.1, -0.05) is 39.0 Å². The maximum absolute atomic E-state index is 3.81. The Morgan fingerprint density at radius 3 is 2.52 bits per heavy atom. The zero-order valence-electron chi connectivity index (χ0n) is 14.2. The fraction of sp³-hybridized carbons (Fsp3) is 0.684. The number of nitrogens with zero attached hydrogens (tertiary/aromatic N) is 1. The molecule has 1 aromatic carbocycles. The Kier molecular flexibility index (Phi) is 6.10. The van der Waals surface area contributed by atoms with Gasteiger partial charge in [-0.25, -0.2) is 0 Å². The first-order valence-electron chi connectivity index (χ1n) is 8.61. The summed E-state index contributed by atoms with van der Waals surface area (Å²) in [7, 11) is 2.23. The van der Waals surface area contributed by atoms with E-state index < -0.39 is 0 Å². The van der Waals surface area contributed by atoms with Crippen molar-refractivity contribution in [3.05, 3.63) is 30.3 Å². The van der Waals surface area contributed by atoms with Crippen LogP contribution in [0, 0.1) is 17.8 Å². The first-order chi connectivity index (χ1) is 10.1. The van der Waals surface area contributed by atoms with Gasteiger partial charge < -0.3 is 10.2 Å². The van der Waals surface area contributed by atoms with E-state index in [2.05, 4.69) is 68.4 Å². The molecule has 2 nitrogen and oxygen atoms in total. The summed E-state index contributed by atoms with van der Waals surface area (Å²) >= 11 is 0. The van der Waals surface area contributed by atoms with Crippen molar-refractivity contribution in [1.29, 1.82) is 0 Å². The Bertz CT molecular complexity index is 403. The minimum atomic E-state index is 0.676. The highest BCUT2D eigenvalue weighted by Crippen LogP contribution is 2.34. The molecule has 0 amide bonds. The lowest BCUT2D eigenvalue weighted by Crippen LogP contribution is -2.48. The molecule has 0 bridgehead atoms. The maximum Gasteiger partial charge on any atom is 0.0363 e. The molecule has 0 heterocycles. The highest BCUT2D eigenvalue weighted by atomic mass is 15.1. The third-order valence-corrected chi connectivity index (χ3v) is 5.02. The van der Waals surface area contributed by atoms with Crippen molar-refractivity contribution in [2.75, 3.05) is 25.0 Å². The molecule has 1 aliphatic carbocycles. The van der Waals surface area contributed by atoms with Crippen molar-refractivity contribution in [3.63, 3.8) is 0 Å². The molecule has 4 atom stereocenters. The van der Waals surface area contributed by atoms with Gasteiger partial charge in [-0.2, -0.15) is 0 Å². The predicted octanol–water partition coefficient (Wildman–Crippen LogP) is 4.17. The predicted molar refractivity (Wildman–Crippen MR) is 92.8 cm³/mol. The number of nitrogens with one attached hydrogen (secondary N) is 1. The molecule has 4 unspecified atom stereocenters. The van der Waals surface area contributed by atoms with Gasteiger partial charge in [0, 0.05) is 25.3 Å². The Balaban J connectivity index is 2.03. The molecule has 0 saturated heterocycles. The van der Waals surface area contributed by atoms with E-state index in [9.17, 15) is 0 Å². The number of hydrogen-bond donors (Lipinski definition) is 1. The Hall–Kier alpha value is -1.02. The van der Waals surface area contributed by atoms with E-state index in [1.807, 2.05) is 0 Å². The van der Waals surface area contributed by atoms with E-state index >= 15 is 0 Å². The van der Waals surface area contributed by atoms with E-state index in [0.29, 0.717) is 6.04 Å². The monoisotopic (exact) mass is 288 g/mol. The summed E-state index contributed by atoms with van der Waals surface area (Å²) < 4.78 is 0. The van der Waals surface area contributed by atoms with Crippen LogP contribution in [-0.4, -0.2) is 26.2 Å². The fourth-order valence-electron chi connectivity index (χ4n) is 3.89. The second kappa shape index (κ2) is 7.84. The van der Waals surface area contributed by atoms with Crippen LogP contribution >= 0.6 is 0 Å². The van der Waals surface area contributed by atoms with Crippen LogP contribution in [0.3, 0.4) is 0 Å². The SMILES string of the molecule is CCCNC1CC(C)CC(C)C1CN(C)c1ccccc1. The molecule has 0 aliphatic heterocycles. The topological polar surface area (TPSA) is 15.3 Å². The number of rotatable bonds is 6. The van der Waals surface area contributed by atoms with Gasteiger partial charge in [0.25, 0.3) is 0 Å². The molecule has 1 aliphatic rings. The van der Waals surface area contributed by atoms with Crippen molar-refractivity contribution in [1.82, 2.24) is 5.32 Å². The van der Waals surface area contributed by atoms with Crippen LogP contribution in [0.2, 0.25) is 0 Å². The first-order valence-corrected chi connectivity index (χ1v) is 8.61. The Morgan fingerprint density at radius 1 is 1.14 bits per heavy atom. The molecule has 1 N–H and O–H groups in total. The minimum Gasteiger partial charge on any atom is -0.374 e. The summed E-state index contributed by atoms with van der Waals surface area (Å²) in [6.45, 7) is 9.41. The second-order valence-corrected chi connectivity index (χ2v) is 6.99. The minimum absolute atomic E-state index is 0.676. The average Bonchev–Trinajstić information content (AvgIpc) is 2.48. The van der Waals surface area contributed by atoms with Gasteiger partial charge in [0.2, 0.25) is 0 Å². The lowest BCUT2D eigenvalue weighted by Gasteiger charge is -2.42. The molecule has 1 aromatic rings. The molecule has 118 valence electrons. The smallest absolute Gasteiger partial charge is 0.0363 e. The van der Waals surface area contributed by atoms with Crippen molar-refractivity contribution in [3.8, 4) is 0 Å². The summed E-state index contributed by atoms with van der Waals surface area (Å²) in [4.78, 5) is 2.43. The molecular weight excluding hydrogens is 256 g/mol. The van der Waals surface area contributed by atoms with E-state index in [-0.39, 0.29) is 0 Å². The van der Waals surface area contributed by atoms with Crippen molar-refractivity contribution in [2.45, 2.75) is 46.1 Å². The van der Waals surface area contributed by atoms with Crippen LogP contribution in [0.4, 0.5) is 5.69 Å². The normalized spacial score (nSPS) is 29.3. The van der Waals surface area contributed by atoms with Gasteiger partial charge in [-0.05, 0) is 55.7 Å². The zero-order valence-corrected chi connectivity index (χ0v) is 14.2. The number of hydrogen-bond acceptors (Lipinski definition) is 2. The summed E-state index contributed by atoms with van der Waals surface area (Å²) in [6, 6.07) is 11.5. The number of anilines is 1. The number of para-hydroxylation sites is 1. The average molecular weight is 288 g/mol. The summed E-state index contributed by atoms with van der Waals surface area (Å²) in [6.07, 6.45) is 3.93. The standard InChI is InChI=1S/C19H32N2/c1-5-11-20-19-13-15(2)12-16(3)18(19)14-21(4)17-9-7-6-8-10-17/h6-10,15-16,18-20H,5,11-14H2,1-4H3. The quantitative estimate of drug-likeness (QED) is 0.845. The van der Waals surface area contributed by atoms with E-state index in [1.165, 1.54) is 24.9 Å². The first kappa shape index (κ1) is 16.4. The number of benzene rings is 1. The summed E-state index contributed by atoms with van der Waals surface area (Å²) in [5.74, 6) is 2.40. The molecule has 21 heavy (non-hydrogen) atoms. The molecular formula is C19H32N2. The van der Waals surface area contributed by atoms with Crippen LogP contribution in [0.15, 0.2) is 30.3 Å². The third-order valence-electron chi connectivity index (χ3n) is 5.02. The Labute approximate surface area is 130 Å². The van der Waals surface area contributed by atoms with E-state index in [4.69, 9.17) is 0 Å². The van der Waals surface area contributed by atoms with Gasteiger partial charge in [0.1, 0.15) is 0 Å². The van der Waals surface area contributed by atoms with Crippen LogP contribution < -0.4 is 10.2 Å². The lowest BCUT2D eigenvalue weighted by molar-refractivity contribution is 0.153. The van der Waals surface area contributed by atoms with E-state index in [0.717, 1.165) is 30.8 Å². The van der Waals surface area contributed by atoms with Crippen LogP contribution in [0.1, 0.15) is 40.0 Å². The molecule has 1 saturated carbocycles. The lowest BCUT2D eigenvalue weighted by atomic mass is 9.72. The van der Waals surface area contributed by atoms with Crippen LogP contribution in [-0.2, 0) is 0 Å². The van der Waals surface area contributed by atoms with Gasteiger partial charge in [-0.3, -0.25) is 0 Å². The molecule has 1 fully saturated rings. The molecule has 2 rings (SSSR count). The van der Waals surface area contributed by atoms with E-state index in [1.54, 1.807) is 0 Å².